The minimum Gasteiger partial charge on any atom is -0.369 e. The highest BCUT2D eigenvalue weighted by Gasteiger charge is 2.34. The van der Waals surface area contributed by atoms with E-state index in [1.54, 1.807) is 0 Å². The van der Waals surface area contributed by atoms with Crippen molar-refractivity contribution in [3.63, 3.8) is 0 Å². The molecular formula is C13H23N3O2. The van der Waals surface area contributed by atoms with Crippen LogP contribution in [0, 0.1) is 11.8 Å². The molecule has 5 heteroatoms. The molecule has 4 unspecified atom stereocenters. The van der Waals surface area contributed by atoms with Crippen LogP contribution in [0.2, 0.25) is 0 Å². The number of rotatable bonds is 3. The van der Waals surface area contributed by atoms with Crippen molar-refractivity contribution >= 4 is 11.8 Å². The smallest absolute Gasteiger partial charge is 0.223 e. The van der Waals surface area contributed by atoms with Crippen LogP contribution in [0.3, 0.4) is 0 Å². The third-order valence-electron chi connectivity index (χ3n) is 4.30. The number of primary amides is 1. The molecule has 2 aliphatic carbocycles. The number of hydrogen-bond donors (Lipinski definition) is 3. The molecule has 0 saturated heterocycles. The highest BCUT2D eigenvalue weighted by Crippen LogP contribution is 2.27. The molecule has 2 aliphatic rings. The van der Waals surface area contributed by atoms with Crippen LogP contribution in [0.25, 0.3) is 0 Å². The maximum Gasteiger partial charge on any atom is 0.223 e. The molecule has 102 valence electrons. The van der Waals surface area contributed by atoms with Gasteiger partial charge in [-0.1, -0.05) is 12.8 Å². The Hall–Kier alpha value is -1.10. The average Bonchev–Trinajstić information content (AvgIpc) is 2.76. The molecule has 2 fully saturated rings. The molecular weight excluding hydrogens is 230 g/mol. The van der Waals surface area contributed by atoms with Gasteiger partial charge in [0.1, 0.15) is 0 Å². The van der Waals surface area contributed by atoms with Crippen molar-refractivity contribution in [1.29, 1.82) is 0 Å². The quantitative estimate of drug-likeness (QED) is 0.673. The van der Waals surface area contributed by atoms with Gasteiger partial charge < -0.3 is 16.8 Å². The van der Waals surface area contributed by atoms with Crippen LogP contribution < -0.4 is 16.8 Å². The second-order valence-electron chi connectivity index (χ2n) is 5.68. The van der Waals surface area contributed by atoms with E-state index in [-0.39, 0.29) is 35.7 Å². The summed E-state index contributed by atoms with van der Waals surface area (Å²) in [6.45, 7) is 0. The normalized spacial score (nSPS) is 36.3. The van der Waals surface area contributed by atoms with Gasteiger partial charge in [0.15, 0.2) is 0 Å². The van der Waals surface area contributed by atoms with Crippen LogP contribution >= 0.6 is 0 Å². The van der Waals surface area contributed by atoms with Crippen LogP contribution in [0.1, 0.15) is 44.9 Å². The fourth-order valence-corrected chi connectivity index (χ4v) is 3.20. The van der Waals surface area contributed by atoms with Crippen LogP contribution in [-0.2, 0) is 9.59 Å². The second-order valence-corrected chi connectivity index (χ2v) is 5.68. The van der Waals surface area contributed by atoms with Gasteiger partial charge in [0.2, 0.25) is 11.8 Å². The molecule has 2 rings (SSSR count). The standard InChI is InChI=1S/C13H23N3O2/c14-9-6-5-8(7-9)13(18)16-11-4-2-1-3-10(11)12(15)17/h8-11H,1-7,14H2,(H2,15,17)(H,16,18). The number of amides is 2. The lowest BCUT2D eigenvalue weighted by molar-refractivity contribution is -0.128. The third kappa shape index (κ3) is 3.02. The van der Waals surface area contributed by atoms with Crippen molar-refractivity contribution < 1.29 is 9.59 Å². The molecule has 0 aromatic heterocycles. The molecule has 0 aromatic carbocycles. The van der Waals surface area contributed by atoms with E-state index in [0.29, 0.717) is 0 Å². The summed E-state index contributed by atoms with van der Waals surface area (Å²) in [5.74, 6) is -0.405. The zero-order chi connectivity index (χ0) is 13.1. The highest BCUT2D eigenvalue weighted by atomic mass is 16.2. The summed E-state index contributed by atoms with van der Waals surface area (Å²) in [7, 11) is 0. The third-order valence-corrected chi connectivity index (χ3v) is 4.30. The van der Waals surface area contributed by atoms with E-state index in [0.717, 1.165) is 44.9 Å². The van der Waals surface area contributed by atoms with E-state index in [1.165, 1.54) is 0 Å². The Morgan fingerprint density at radius 1 is 1.06 bits per heavy atom. The summed E-state index contributed by atoms with van der Waals surface area (Å²) in [5, 5.41) is 3.02. The largest absolute Gasteiger partial charge is 0.369 e. The molecule has 0 spiro atoms. The van der Waals surface area contributed by atoms with E-state index < -0.39 is 0 Å². The van der Waals surface area contributed by atoms with E-state index in [4.69, 9.17) is 11.5 Å². The Morgan fingerprint density at radius 3 is 2.39 bits per heavy atom. The van der Waals surface area contributed by atoms with Gasteiger partial charge in [-0.2, -0.15) is 0 Å². The lowest BCUT2D eigenvalue weighted by Gasteiger charge is -2.30. The minimum atomic E-state index is -0.289. The fourth-order valence-electron chi connectivity index (χ4n) is 3.20. The molecule has 2 saturated carbocycles. The Balaban J connectivity index is 1.90. The van der Waals surface area contributed by atoms with Gasteiger partial charge in [-0.05, 0) is 32.1 Å². The topological polar surface area (TPSA) is 98.2 Å². The van der Waals surface area contributed by atoms with Crippen molar-refractivity contribution in [2.24, 2.45) is 23.3 Å². The number of carbonyl (C=O) groups excluding carboxylic acids is 2. The van der Waals surface area contributed by atoms with Crippen molar-refractivity contribution in [1.82, 2.24) is 5.32 Å². The second kappa shape index (κ2) is 5.69. The number of nitrogens with two attached hydrogens (primary N) is 2. The minimum absolute atomic E-state index is 0.0236. The molecule has 2 amide bonds. The zero-order valence-electron chi connectivity index (χ0n) is 10.7. The monoisotopic (exact) mass is 253 g/mol. The van der Waals surface area contributed by atoms with Gasteiger partial charge in [0.25, 0.3) is 0 Å². The Kier molecular flexibility index (Phi) is 4.22. The molecule has 0 aliphatic heterocycles. The first kappa shape index (κ1) is 13.3. The molecule has 18 heavy (non-hydrogen) atoms. The first-order chi connectivity index (χ1) is 8.58. The summed E-state index contributed by atoms with van der Waals surface area (Å²) in [6.07, 6.45) is 6.28. The van der Waals surface area contributed by atoms with Gasteiger partial charge in [-0.3, -0.25) is 9.59 Å². The molecule has 5 nitrogen and oxygen atoms in total. The van der Waals surface area contributed by atoms with Gasteiger partial charge in [0, 0.05) is 18.0 Å². The van der Waals surface area contributed by atoms with Gasteiger partial charge in [-0.15, -0.1) is 0 Å². The van der Waals surface area contributed by atoms with Gasteiger partial charge in [-0.25, -0.2) is 0 Å². The first-order valence-electron chi connectivity index (χ1n) is 6.93. The molecule has 0 bridgehead atoms. The molecule has 0 radical (unpaired) electrons. The van der Waals surface area contributed by atoms with Crippen molar-refractivity contribution in [2.75, 3.05) is 0 Å². The van der Waals surface area contributed by atoms with E-state index in [1.807, 2.05) is 0 Å². The van der Waals surface area contributed by atoms with E-state index in [9.17, 15) is 9.59 Å². The van der Waals surface area contributed by atoms with Crippen molar-refractivity contribution in [2.45, 2.75) is 57.0 Å². The maximum atomic E-state index is 12.1. The molecule has 5 N–H and O–H groups in total. The number of nitrogens with one attached hydrogen (secondary N) is 1. The van der Waals surface area contributed by atoms with Crippen LogP contribution in [0.5, 0.6) is 0 Å². The summed E-state index contributed by atoms with van der Waals surface area (Å²) in [5.41, 5.74) is 11.2. The number of carbonyl (C=O) groups is 2. The highest BCUT2D eigenvalue weighted by molar-refractivity contribution is 5.82. The zero-order valence-corrected chi connectivity index (χ0v) is 10.7. The van der Waals surface area contributed by atoms with Gasteiger partial charge in [0.05, 0.1) is 5.92 Å². The average molecular weight is 253 g/mol. The Labute approximate surface area is 108 Å². The number of hydrogen-bond acceptors (Lipinski definition) is 3. The van der Waals surface area contributed by atoms with Crippen molar-refractivity contribution in [3.05, 3.63) is 0 Å². The summed E-state index contributed by atoms with van der Waals surface area (Å²) < 4.78 is 0. The summed E-state index contributed by atoms with van der Waals surface area (Å²) in [6, 6.07) is 0.0830. The van der Waals surface area contributed by atoms with E-state index >= 15 is 0 Å². The van der Waals surface area contributed by atoms with Crippen LogP contribution in [0.15, 0.2) is 0 Å². The lowest BCUT2D eigenvalue weighted by Crippen LogP contribution is -2.48. The molecule has 0 heterocycles. The van der Waals surface area contributed by atoms with Crippen LogP contribution in [-0.4, -0.2) is 23.9 Å². The van der Waals surface area contributed by atoms with Gasteiger partial charge >= 0.3 is 0 Å². The SMILES string of the molecule is NC(=O)C1CCCCC1NC(=O)C1CCC(N)C1. The van der Waals surface area contributed by atoms with Crippen LogP contribution in [0.4, 0.5) is 0 Å². The predicted molar refractivity (Wildman–Crippen MR) is 68.4 cm³/mol. The first-order valence-corrected chi connectivity index (χ1v) is 6.93. The maximum absolute atomic E-state index is 12.1. The van der Waals surface area contributed by atoms with Crippen molar-refractivity contribution in [3.8, 4) is 0 Å². The summed E-state index contributed by atoms with van der Waals surface area (Å²) in [4.78, 5) is 23.5. The molecule has 0 aromatic rings. The van der Waals surface area contributed by atoms with E-state index in [2.05, 4.69) is 5.32 Å². The lowest BCUT2D eigenvalue weighted by atomic mass is 9.83. The predicted octanol–water partition coefficient (Wildman–Crippen LogP) is 0.274. The fraction of sp³-hybridized carbons (Fsp3) is 0.846. The Bertz CT molecular complexity index is 332. The Morgan fingerprint density at radius 2 is 1.78 bits per heavy atom. The molecule has 4 atom stereocenters. The summed E-state index contributed by atoms with van der Waals surface area (Å²) >= 11 is 0.